The molecule has 0 bridgehead atoms. The summed E-state index contributed by atoms with van der Waals surface area (Å²) < 4.78 is 17.3. The van der Waals surface area contributed by atoms with Crippen LogP contribution in [0.4, 0.5) is 6.01 Å². The molecule has 5 fully saturated rings. The molecule has 7 nitrogen and oxygen atoms in total. The van der Waals surface area contributed by atoms with Gasteiger partial charge in [-0.25, -0.2) is 0 Å². The van der Waals surface area contributed by atoms with Crippen LogP contribution in [0.25, 0.3) is 0 Å². The third-order valence-electron chi connectivity index (χ3n) is 9.18. The van der Waals surface area contributed by atoms with Crippen LogP contribution >= 0.6 is 0 Å². The number of piperidine rings is 1. The Bertz CT molecular complexity index is 969. The lowest BCUT2D eigenvalue weighted by atomic mass is 9.65. The highest BCUT2D eigenvalue weighted by Gasteiger charge is 2.52. The number of nitrogens with zero attached hydrogens (tertiary/aromatic N) is 4. The van der Waals surface area contributed by atoms with Gasteiger partial charge in [0.15, 0.2) is 0 Å². The van der Waals surface area contributed by atoms with E-state index in [-0.39, 0.29) is 0 Å². The molecule has 2 aromatic rings. The van der Waals surface area contributed by atoms with Gasteiger partial charge in [-0.3, -0.25) is 0 Å². The Morgan fingerprint density at radius 1 is 0.970 bits per heavy atom. The fourth-order valence-electron chi connectivity index (χ4n) is 7.28. The Morgan fingerprint density at radius 2 is 1.79 bits per heavy atom. The van der Waals surface area contributed by atoms with Crippen LogP contribution in [0.3, 0.4) is 0 Å². The van der Waals surface area contributed by atoms with Crippen molar-refractivity contribution in [1.82, 2.24) is 15.1 Å². The molecule has 3 aliphatic heterocycles. The number of likely N-dealkylation sites (tertiary alicyclic amines) is 1. The minimum Gasteiger partial charge on any atom is -0.490 e. The average Bonchev–Trinajstić information content (AvgIpc) is 3.44. The summed E-state index contributed by atoms with van der Waals surface area (Å²) in [5, 5.41) is 7.89. The zero-order valence-corrected chi connectivity index (χ0v) is 19.3. The van der Waals surface area contributed by atoms with Crippen molar-refractivity contribution in [2.24, 2.45) is 10.8 Å². The van der Waals surface area contributed by atoms with Gasteiger partial charge in [0, 0.05) is 30.0 Å². The van der Waals surface area contributed by atoms with E-state index in [4.69, 9.17) is 13.9 Å². The van der Waals surface area contributed by atoms with Gasteiger partial charge < -0.3 is 23.7 Å². The van der Waals surface area contributed by atoms with Gasteiger partial charge in [-0.05, 0) is 75.6 Å². The zero-order valence-electron chi connectivity index (χ0n) is 19.3. The first-order chi connectivity index (χ1) is 16.2. The Hall–Kier alpha value is -2.12. The molecule has 7 heteroatoms. The summed E-state index contributed by atoms with van der Waals surface area (Å²) in [6.07, 6.45) is 10.6. The molecule has 176 valence electrons. The standard InChI is InChI=1S/C26H34N4O3/c1-2-4-23(33-21-12-26(13-21)16-31-17-26)22(3-1)19-6-9-29(10-7-19)20-5-8-25(11-20)14-30(15-25)24-28-27-18-32-24/h1-4,18-21H,5-17H2. The number of aromatic nitrogens is 2. The monoisotopic (exact) mass is 450 g/mol. The van der Waals surface area contributed by atoms with Crippen molar-refractivity contribution < 1.29 is 13.9 Å². The summed E-state index contributed by atoms with van der Waals surface area (Å²) in [4.78, 5) is 5.01. The Balaban J connectivity index is 0.932. The second-order valence-electron chi connectivity index (χ2n) is 11.5. The number of para-hydroxylation sites is 1. The molecule has 0 radical (unpaired) electrons. The lowest BCUT2D eigenvalue weighted by Crippen LogP contribution is -2.56. The molecule has 2 saturated carbocycles. The topological polar surface area (TPSA) is 63.9 Å². The highest BCUT2D eigenvalue weighted by molar-refractivity contribution is 5.37. The van der Waals surface area contributed by atoms with Crippen molar-refractivity contribution >= 4 is 6.01 Å². The van der Waals surface area contributed by atoms with Crippen molar-refractivity contribution in [3.05, 3.63) is 36.2 Å². The summed E-state index contributed by atoms with van der Waals surface area (Å²) in [7, 11) is 0. The molecule has 1 aromatic heterocycles. The molecule has 2 aliphatic carbocycles. The fourth-order valence-corrected chi connectivity index (χ4v) is 7.28. The molecule has 0 amide bonds. The maximum Gasteiger partial charge on any atom is 0.317 e. The number of hydrogen-bond donors (Lipinski definition) is 0. The van der Waals surface area contributed by atoms with Crippen molar-refractivity contribution in [2.75, 3.05) is 44.3 Å². The molecule has 1 atom stereocenters. The smallest absolute Gasteiger partial charge is 0.317 e. The van der Waals surface area contributed by atoms with Gasteiger partial charge in [0.1, 0.15) is 11.9 Å². The molecule has 5 aliphatic rings. The van der Waals surface area contributed by atoms with E-state index in [2.05, 4.69) is 44.3 Å². The van der Waals surface area contributed by atoms with E-state index in [0.29, 0.717) is 28.9 Å². The summed E-state index contributed by atoms with van der Waals surface area (Å²) in [5.74, 6) is 1.75. The Kier molecular flexibility index (Phi) is 4.73. The number of anilines is 1. The molecular formula is C26H34N4O3. The molecule has 2 spiro atoms. The minimum absolute atomic E-state index is 0.374. The van der Waals surface area contributed by atoms with Crippen molar-refractivity contribution in [2.45, 2.75) is 63.0 Å². The third-order valence-corrected chi connectivity index (χ3v) is 9.18. The van der Waals surface area contributed by atoms with E-state index < -0.39 is 0 Å². The summed E-state index contributed by atoms with van der Waals surface area (Å²) in [6, 6.07) is 10.2. The number of benzene rings is 1. The van der Waals surface area contributed by atoms with Gasteiger partial charge in [0.2, 0.25) is 6.39 Å². The second-order valence-corrected chi connectivity index (χ2v) is 11.5. The number of rotatable bonds is 5. The van der Waals surface area contributed by atoms with Gasteiger partial charge in [0.25, 0.3) is 0 Å². The lowest BCUT2D eigenvalue weighted by molar-refractivity contribution is -0.191. The summed E-state index contributed by atoms with van der Waals surface area (Å²) >= 11 is 0. The van der Waals surface area contributed by atoms with Crippen LogP contribution in [0.5, 0.6) is 5.75 Å². The maximum atomic E-state index is 6.49. The first-order valence-corrected chi connectivity index (χ1v) is 12.8. The van der Waals surface area contributed by atoms with Gasteiger partial charge in [0.05, 0.1) is 13.2 Å². The van der Waals surface area contributed by atoms with Crippen LogP contribution in [0.2, 0.25) is 0 Å². The van der Waals surface area contributed by atoms with Crippen molar-refractivity contribution in [3.8, 4) is 5.75 Å². The van der Waals surface area contributed by atoms with Crippen LogP contribution in [-0.2, 0) is 4.74 Å². The Morgan fingerprint density at radius 3 is 2.52 bits per heavy atom. The van der Waals surface area contributed by atoms with Gasteiger partial charge in [-0.1, -0.05) is 23.3 Å². The van der Waals surface area contributed by atoms with Crippen LogP contribution in [-0.4, -0.2) is 66.6 Å². The van der Waals surface area contributed by atoms with E-state index in [1.165, 1.54) is 57.2 Å². The first-order valence-electron chi connectivity index (χ1n) is 12.8. The molecule has 7 rings (SSSR count). The van der Waals surface area contributed by atoms with Crippen LogP contribution in [0.1, 0.15) is 56.4 Å². The van der Waals surface area contributed by atoms with Crippen LogP contribution in [0, 0.1) is 10.8 Å². The molecular weight excluding hydrogens is 416 g/mol. The predicted molar refractivity (Wildman–Crippen MR) is 123 cm³/mol. The molecule has 3 saturated heterocycles. The van der Waals surface area contributed by atoms with E-state index in [1.54, 1.807) is 0 Å². The van der Waals surface area contributed by atoms with E-state index in [0.717, 1.165) is 50.9 Å². The van der Waals surface area contributed by atoms with Gasteiger partial charge >= 0.3 is 6.01 Å². The second kappa shape index (κ2) is 7.70. The fraction of sp³-hybridized carbons (Fsp3) is 0.692. The minimum atomic E-state index is 0.374. The number of ether oxygens (including phenoxy) is 2. The summed E-state index contributed by atoms with van der Waals surface area (Å²) in [5.41, 5.74) is 2.34. The average molecular weight is 451 g/mol. The first kappa shape index (κ1) is 20.3. The van der Waals surface area contributed by atoms with E-state index in [1.807, 2.05) is 0 Å². The third kappa shape index (κ3) is 3.55. The van der Waals surface area contributed by atoms with Crippen LogP contribution in [0.15, 0.2) is 35.1 Å². The Labute approximate surface area is 195 Å². The predicted octanol–water partition coefficient (Wildman–Crippen LogP) is 3.87. The normalized spacial score (nSPS) is 29.1. The maximum absolute atomic E-state index is 6.49. The van der Waals surface area contributed by atoms with Crippen molar-refractivity contribution in [3.63, 3.8) is 0 Å². The van der Waals surface area contributed by atoms with Gasteiger partial charge in [-0.2, -0.15) is 0 Å². The molecule has 1 aromatic carbocycles. The molecule has 33 heavy (non-hydrogen) atoms. The molecule has 0 N–H and O–H groups in total. The molecule has 4 heterocycles. The quantitative estimate of drug-likeness (QED) is 0.685. The van der Waals surface area contributed by atoms with Crippen molar-refractivity contribution in [1.29, 1.82) is 0 Å². The van der Waals surface area contributed by atoms with E-state index >= 15 is 0 Å². The number of hydrogen-bond acceptors (Lipinski definition) is 7. The van der Waals surface area contributed by atoms with E-state index in [9.17, 15) is 0 Å². The lowest BCUT2D eigenvalue weighted by Gasteiger charge is -2.52. The largest absolute Gasteiger partial charge is 0.490 e. The SMILES string of the molecule is c1ccc(C2CCN(C3CCC4(C3)CN(c3nnco3)C4)CC2)c(OC2CC3(COC3)C2)c1. The molecule has 1 unspecified atom stereocenters. The zero-order chi connectivity index (χ0) is 21.9. The summed E-state index contributed by atoms with van der Waals surface area (Å²) in [6.45, 7) is 6.42. The highest BCUT2D eigenvalue weighted by atomic mass is 16.5. The van der Waals surface area contributed by atoms with Crippen LogP contribution < -0.4 is 9.64 Å². The highest BCUT2D eigenvalue weighted by Crippen LogP contribution is 2.50. The van der Waals surface area contributed by atoms with Gasteiger partial charge in [-0.15, -0.1) is 5.10 Å².